The van der Waals surface area contributed by atoms with Gasteiger partial charge in [0.2, 0.25) is 0 Å². The van der Waals surface area contributed by atoms with E-state index in [0.29, 0.717) is 23.3 Å². The number of methoxy groups -OCH3 is 1. The topological polar surface area (TPSA) is 64.6 Å². The van der Waals surface area contributed by atoms with Crippen molar-refractivity contribution in [1.82, 2.24) is 5.32 Å². The highest BCUT2D eigenvalue weighted by molar-refractivity contribution is 5.94. The lowest BCUT2D eigenvalue weighted by Gasteiger charge is -2.28. The largest absolute Gasteiger partial charge is 0.486 e. The fourth-order valence-electron chi connectivity index (χ4n) is 4.55. The number of hydrogen-bond donors (Lipinski definition) is 1. The molecule has 40 heavy (non-hydrogen) atoms. The van der Waals surface area contributed by atoms with Gasteiger partial charge < -0.3 is 14.8 Å². The second-order valence-corrected chi connectivity index (χ2v) is 11.1. The van der Waals surface area contributed by atoms with Crippen LogP contribution in [-0.2, 0) is 15.7 Å². The van der Waals surface area contributed by atoms with Crippen molar-refractivity contribution >= 4 is 11.9 Å². The molecule has 0 aromatic heterocycles. The number of aryl methyl sites for hydroxylation is 2. The fourth-order valence-corrected chi connectivity index (χ4v) is 4.55. The molecule has 0 saturated carbocycles. The van der Waals surface area contributed by atoms with Crippen LogP contribution in [-0.4, -0.2) is 25.5 Å². The first-order chi connectivity index (χ1) is 18.7. The Hall–Kier alpha value is -3.81. The molecule has 0 saturated heterocycles. The molecule has 0 heterocycles. The lowest BCUT2D eigenvalue weighted by atomic mass is 9.86. The minimum Gasteiger partial charge on any atom is -0.486 e. The van der Waals surface area contributed by atoms with Gasteiger partial charge in [-0.1, -0.05) is 45.0 Å². The maximum Gasteiger partial charge on any atom is 0.416 e. The molecule has 0 aliphatic rings. The normalized spacial score (nSPS) is 12.5. The number of ether oxygens (including phenoxy) is 2. The third-order valence-electron chi connectivity index (χ3n) is 6.47. The molecule has 0 spiro atoms. The minimum absolute atomic E-state index is 0.0567. The van der Waals surface area contributed by atoms with Crippen LogP contribution in [0.1, 0.15) is 72.3 Å². The monoisotopic (exact) mass is 555 g/mol. The Morgan fingerprint density at radius 3 is 1.98 bits per heavy atom. The van der Waals surface area contributed by atoms with Crippen molar-refractivity contribution in [3.63, 3.8) is 0 Å². The number of alkyl halides is 3. The van der Waals surface area contributed by atoms with Crippen LogP contribution in [0.15, 0.2) is 60.7 Å². The van der Waals surface area contributed by atoms with Gasteiger partial charge >= 0.3 is 12.1 Å². The van der Waals surface area contributed by atoms with E-state index in [-0.39, 0.29) is 30.4 Å². The highest BCUT2D eigenvalue weighted by Gasteiger charge is 2.30. The van der Waals surface area contributed by atoms with E-state index in [1.807, 2.05) is 38.1 Å². The first-order valence-corrected chi connectivity index (χ1v) is 13.1. The summed E-state index contributed by atoms with van der Waals surface area (Å²) in [6.45, 7) is 10.4. The van der Waals surface area contributed by atoms with Gasteiger partial charge in [0, 0.05) is 12.1 Å². The molecular weight excluding hydrogens is 519 g/mol. The van der Waals surface area contributed by atoms with Gasteiger partial charge in [0.25, 0.3) is 5.91 Å². The Morgan fingerprint density at radius 1 is 0.900 bits per heavy atom. The average molecular weight is 556 g/mol. The number of benzene rings is 3. The smallest absolute Gasteiger partial charge is 0.416 e. The third-order valence-corrected chi connectivity index (χ3v) is 6.47. The van der Waals surface area contributed by atoms with Gasteiger partial charge in [-0.05, 0) is 89.9 Å². The van der Waals surface area contributed by atoms with Crippen molar-refractivity contribution < 1.29 is 32.2 Å². The summed E-state index contributed by atoms with van der Waals surface area (Å²) in [5, 5.41) is 2.71. The maximum absolute atomic E-state index is 13.0. The minimum atomic E-state index is -4.38. The molecular formula is C32H36F3NO4. The number of nitrogens with one attached hydrogen (secondary N) is 1. The molecule has 0 aliphatic carbocycles. The van der Waals surface area contributed by atoms with E-state index in [2.05, 4.69) is 30.8 Å². The van der Waals surface area contributed by atoms with E-state index in [1.165, 1.54) is 19.2 Å². The molecule has 0 fully saturated rings. The molecule has 5 nitrogen and oxygen atoms in total. The van der Waals surface area contributed by atoms with Gasteiger partial charge in [-0.3, -0.25) is 9.59 Å². The molecule has 3 rings (SSSR count). The SMILES string of the molecule is COC(=O)CCNC(=O)c1ccc(C(CC(C)(C)C)Oc2cc(C)c(-c3ccc(C(F)(F)F)cc3)c(C)c2)cc1. The number of rotatable bonds is 9. The number of hydrogen-bond acceptors (Lipinski definition) is 4. The van der Waals surface area contributed by atoms with Crippen molar-refractivity contribution in [3.05, 3.63) is 88.5 Å². The second kappa shape index (κ2) is 12.6. The van der Waals surface area contributed by atoms with E-state index in [0.717, 1.165) is 34.4 Å². The maximum atomic E-state index is 13.0. The molecule has 214 valence electrons. The first-order valence-electron chi connectivity index (χ1n) is 13.1. The van der Waals surface area contributed by atoms with E-state index in [4.69, 9.17) is 4.74 Å². The van der Waals surface area contributed by atoms with E-state index < -0.39 is 17.7 Å². The Balaban J connectivity index is 1.82. The van der Waals surface area contributed by atoms with Gasteiger partial charge in [0.15, 0.2) is 0 Å². The Bertz CT molecular complexity index is 1300. The molecule has 0 radical (unpaired) electrons. The van der Waals surface area contributed by atoms with Gasteiger partial charge in [-0.25, -0.2) is 0 Å². The molecule has 3 aromatic rings. The zero-order valence-electron chi connectivity index (χ0n) is 23.7. The summed E-state index contributed by atoms with van der Waals surface area (Å²) in [7, 11) is 1.30. The Labute approximate surface area is 233 Å². The molecule has 0 bridgehead atoms. The summed E-state index contributed by atoms with van der Waals surface area (Å²) in [4.78, 5) is 23.7. The van der Waals surface area contributed by atoms with Crippen LogP contribution in [0.4, 0.5) is 13.2 Å². The van der Waals surface area contributed by atoms with Gasteiger partial charge in [-0.15, -0.1) is 0 Å². The summed E-state index contributed by atoms with van der Waals surface area (Å²) >= 11 is 0. The van der Waals surface area contributed by atoms with Crippen LogP contribution in [0.3, 0.4) is 0 Å². The summed E-state index contributed by atoms with van der Waals surface area (Å²) in [5.74, 6) is -0.0194. The van der Waals surface area contributed by atoms with Crippen LogP contribution in [0.25, 0.3) is 11.1 Å². The van der Waals surface area contributed by atoms with Crippen LogP contribution in [0.2, 0.25) is 0 Å². The van der Waals surface area contributed by atoms with Crippen molar-refractivity contribution in [2.45, 2.75) is 59.7 Å². The summed E-state index contributed by atoms with van der Waals surface area (Å²) in [6, 6.07) is 16.2. The molecule has 1 amide bonds. The summed E-state index contributed by atoms with van der Waals surface area (Å²) in [6.07, 6.45) is -3.88. The molecule has 8 heteroatoms. The van der Waals surface area contributed by atoms with Crippen LogP contribution < -0.4 is 10.1 Å². The lowest BCUT2D eigenvalue weighted by molar-refractivity contribution is -0.140. The molecule has 1 atom stereocenters. The van der Waals surface area contributed by atoms with Crippen LogP contribution in [0, 0.1) is 19.3 Å². The fraction of sp³-hybridized carbons (Fsp3) is 0.375. The molecule has 3 aromatic carbocycles. The van der Waals surface area contributed by atoms with Crippen molar-refractivity contribution in [2.24, 2.45) is 5.41 Å². The number of esters is 1. The summed E-state index contributed by atoms with van der Waals surface area (Å²) in [5.41, 5.74) is 4.00. The van der Waals surface area contributed by atoms with E-state index >= 15 is 0 Å². The molecule has 1 unspecified atom stereocenters. The Morgan fingerprint density at radius 2 is 1.48 bits per heavy atom. The lowest BCUT2D eigenvalue weighted by Crippen LogP contribution is -2.26. The van der Waals surface area contributed by atoms with E-state index in [1.54, 1.807) is 12.1 Å². The third kappa shape index (κ3) is 8.34. The van der Waals surface area contributed by atoms with Gasteiger partial charge in [0.05, 0.1) is 19.1 Å². The molecule has 1 N–H and O–H groups in total. The van der Waals surface area contributed by atoms with E-state index in [9.17, 15) is 22.8 Å². The Kier molecular flexibility index (Phi) is 9.66. The van der Waals surface area contributed by atoms with Crippen LogP contribution >= 0.6 is 0 Å². The van der Waals surface area contributed by atoms with Crippen molar-refractivity contribution in [1.29, 1.82) is 0 Å². The quantitative estimate of drug-likeness (QED) is 0.273. The number of carbonyl (C=O) groups is 2. The second-order valence-electron chi connectivity index (χ2n) is 11.1. The first kappa shape index (κ1) is 30.7. The molecule has 0 aliphatic heterocycles. The van der Waals surface area contributed by atoms with Gasteiger partial charge in [-0.2, -0.15) is 13.2 Å². The zero-order valence-corrected chi connectivity index (χ0v) is 23.7. The van der Waals surface area contributed by atoms with Crippen molar-refractivity contribution in [2.75, 3.05) is 13.7 Å². The number of amides is 1. The highest BCUT2D eigenvalue weighted by atomic mass is 19.4. The number of carbonyl (C=O) groups excluding carboxylic acids is 2. The standard InChI is InChI=1S/C32H36F3NO4/c1-20-17-26(18-21(2)29(20)23-11-13-25(14-12-23)32(33,34)35)40-27(19-31(3,4)5)22-7-9-24(10-8-22)30(38)36-16-15-28(37)39-6/h7-14,17-18,27H,15-16,19H2,1-6H3,(H,36,38). The van der Waals surface area contributed by atoms with Crippen LogP contribution in [0.5, 0.6) is 5.75 Å². The average Bonchev–Trinajstić information content (AvgIpc) is 2.87. The number of halogens is 3. The zero-order chi connectivity index (χ0) is 29.7. The predicted octanol–water partition coefficient (Wildman–Crippen LogP) is 7.84. The van der Waals surface area contributed by atoms with Crippen molar-refractivity contribution in [3.8, 4) is 16.9 Å². The predicted molar refractivity (Wildman–Crippen MR) is 149 cm³/mol. The highest BCUT2D eigenvalue weighted by Crippen LogP contribution is 2.37. The summed E-state index contributed by atoms with van der Waals surface area (Å²) < 4.78 is 50.1. The van der Waals surface area contributed by atoms with Gasteiger partial charge in [0.1, 0.15) is 11.9 Å².